The van der Waals surface area contributed by atoms with E-state index in [2.05, 4.69) is 20.7 Å². The fourth-order valence-corrected chi connectivity index (χ4v) is 3.59. The molecule has 0 fully saturated rings. The van der Waals surface area contributed by atoms with E-state index < -0.39 is 10.0 Å². The highest BCUT2D eigenvalue weighted by atomic mass is 79.9. The van der Waals surface area contributed by atoms with Gasteiger partial charge in [0.15, 0.2) is 0 Å². The Morgan fingerprint density at radius 2 is 2.20 bits per heavy atom. The quantitative estimate of drug-likeness (QED) is 0.867. The molecule has 0 bridgehead atoms. The summed E-state index contributed by atoms with van der Waals surface area (Å²) >= 11 is 8.85. The Bertz CT molecular complexity index is 490. The van der Waals surface area contributed by atoms with Crippen LogP contribution >= 0.6 is 27.5 Å². The fourth-order valence-electron chi connectivity index (χ4n) is 0.939. The van der Waals surface area contributed by atoms with Crippen LogP contribution in [0.2, 0.25) is 5.02 Å². The predicted molar refractivity (Wildman–Crippen MR) is 60.0 cm³/mol. The van der Waals surface area contributed by atoms with E-state index in [1.165, 1.54) is 6.07 Å². The first-order chi connectivity index (χ1) is 6.99. The number of hydrogen-bond donors (Lipinski definition) is 1. The monoisotopic (exact) mass is 308 g/mol. The van der Waals surface area contributed by atoms with Crippen LogP contribution in [0.3, 0.4) is 0 Å². The van der Waals surface area contributed by atoms with Crippen molar-refractivity contribution in [1.29, 1.82) is 5.26 Å². The lowest BCUT2D eigenvalue weighted by Gasteiger charge is -2.07. The number of halogens is 2. The minimum atomic E-state index is -3.74. The fraction of sp³-hybridized carbons (Fsp3) is 0.125. The van der Waals surface area contributed by atoms with Crippen molar-refractivity contribution >= 4 is 37.6 Å². The lowest BCUT2D eigenvalue weighted by molar-refractivity contribution is 0.585. The summed E-state index contributed by atoms with van der Waals surface area (Å²) in [7, 11) is -3.74. The summed E-state index contributed by atoms with van der Waals surface area (Å²) in [5.74, 6) is 0. The van der Waals surface area contributed by atoms with Crippen LogP contribution in [0.1, 0.15) is 0 Å². The highest BCUT2D eigenvalue weighted by Gasteiger charge is 2.20. The molecule has 1 aromatic rings. The molecule has 0 unspecified atom stereocenters. The second-order valence-electron chi connectivity index (χ2n) is 2.53. The second-order valence-corrected chi connectivity index (χ2v) is 5.50. The molecule has 0 aliphatic heterocycles. The average molecular weight is 310 g/mol. The third-order valence-corrected chi connectivity index (χ3v) is 4.38. The minimum Gasteiger partial charge on any atom is -0.207 e. The Hall–Kier alpha value is -0.610. The number of nitrogens with zero attached hydrogens (tertiary/aromatic N) is 1. The van der Waals surface area contributed by atoms with Gasteiger partial charge in [-0.25, -0.2) is 8.42 Å². The Morgan fingerprint density at radius 3 is 2.73 bits per heavy atom. The molecule has 80 valence electrons. The molecule has 0 saturated carbocycles. The molecule has 0 spiro atoms. The third-order valence-electron chi connectivity index (χ3n) is 1.53. The predicted octanol–water partition coefficient (Wildman–Crippen LogP) is 1.90. The zero-order valence-electron chi connectivity index (χ0n) is 7.37. The van der Waals surface area contributed by atoms with Crippen LogP contribution in [0.4, 0.5) is 0 Å². The van der Waals surface area contributed by atoms with Crippen LogP contribution in [0.25, 0.3) is 0 Å². The molecule has 1 rings (SSSR count). The molecule has 7 heteroatoms. The van der Waals surface area contributed by atoms with Crippen molar-refractivity contribution in [2.75, 3.05) is 6.54 Å². The molecule has 0 heterocycles. The van der Waals surface area contributed by atoms with E-state index in [-0.39, 0.29) is 16.5 Å². The zero-order chi connectivity index (χ0) is 11.5. The first-order valence-corrected chi connectivity index (χ1v) is 6.45. The van der Waals surface area contributed by atoms with Crippen molar-refractivity contribution in [1.82, 2.24) is 4.72 Å². The van der Waals surface area contributed by atoms with Crippen molar-refractivity contribution in [3.63, 3.8) is 0 Å². The molecular formula is C8H6BrClN2O2S. The summed E-state index contributed by atoms with van der Waals surface area (Å²) < 4.78 is 25.8. The number of rotatable bonds is 3. The van der Waals surface area contributed by atoms with Crippen molar-refractivity contribution < 1.29 is 8.42 Å². The first-order valence-electron chi connectivity index (χ1n) is 3.79. The van der Waals surface area contributed by atoms with Gasteiger partial charge in [0.1, 0.15) is 4.90 Å². The van der Waals surface area contributed by atoms with Gasteiger partial charge >= 0.3 is 0 Å². The average Bonchev–Trinajstić information content (AvgIpc) is 2.14. The van der Waals surface area contributed by atoms with E-state index in [1.807, 2.05) is 0 Å². The summed E-state index contributed by atoms with van der Waals surface area (Å²) in [4.78, 5) is -0.0538. The number of hydrogen-bond acceptors (Lipinski definition) is 3. The SMILES string of the molecule is N#CCNS(=O)(=O)c1c(Cl)cccc1Br. The van der Waals surface area contributed by atoms with Gasteiger partial charge in [-0.2, -0.15) is 9.98 Å². The van der Waals surface area contributed by atoms with Crippen LogP contribution in [0.15, 0.2) is 27.6 Å². The van der Waals surface area contributed by atoms with Gasteiger partial charge in [-0.1, -0.05) is 17.7 Å². The first kappa shape index (κ1) is 12.5. The normalized spacial score (nSPS) is 11.0. The Labute approximate surface area is 101 Å². The molecule has 1 aromatic carbocycles. The molecule has 0 radical (unpaired) electrons. The van der Waals surface area contributed by atoms with Crippen molar-refractivity contribution in [3.8, 4) is 6.07 Å². The smallest absolute Gasteiger partial charge is 0.207 e. The van der Waals surface area contributed by atoms with Crippen LogP contribution < -0.4 is 4.72 Å². The molecule has 0 aliphatic carbocycles. The van der Waals surface area contributed by atoms with E-state index in [9.17, 15) is 8.42 Å². The Kier molecular flexibility index (Phi) is 4.11. The third kappa shape index (κ3) is 2.92. The van der Waals surface area contributed by atoms with Crippen molar-refractivity contribution in [2.45, 2.75) is 4.90 Å². The largest absolute Gasteiger partial charge is 0.244 e. The molecule has 4 nitrogen and oxygen atoms in total. The Morgan fingerprint density at radius 1 is 1.53 bits per heavy atom. The minimum absolute atomic E-state index is 0.0538. The topological polar surface area (TPSA) is 70.0 Å². The molecule has 0 aliphatic rings. The van der Waals surface area contributed by atoms with E-state index in [0.717, 1.165) is 0 Å². The van der Waals surface area contributed by atoms with E-state index in [0.29, 0.717) is 4.47 Å². The van der Waals surface area contributed by atoms with Crippen LogP contribution in [0.5, 0.6) is 0 Å². The van der Waals surface area contributed by atoms with Gasteiger partial charge in [0, 0.05) is 4.47 Å². The maximum Gasteiger partial charge on any atom is 0.244 e. The Balaban J connectivity index is 3.22. The number of benzene rings is 1. The van der Waals surface area contributed by atoms with E-state index in [1.54, 1.807) is 18.2 Å². The maximum absolute atomic E-state index is 11.7. The summed E-state index contributed by atoms with van der Waals surface area (Å²) in [5.41, 5.74) is 0. The van der Waals surface area contributed by atoms with Gasteiger partial charge in [-0.3, -0.25) is 0 Å². The van der Waals surface area contributed by atoms with Crippen molar-refractivity contribution in [3.05, 3.63) is 27.7 Å². The molecule has 15 heavy (non-hydrogen) atoms. The van der Waals surface area contributed by atoms with Crippen LogP contribution in [-0.2, 0) is 10.0 Å². The summed E-state index contributed by atoms with van der Waals surface area (Å²) in [6.45, 7) is -0.292. The van der Waals surface area contributed by atoms with Gasteiger partial charge in [0.2, 0.25) is 10.0 Å². The molecule has 1 N–H and O–H groups in total. The van der Waals surface area contributed by atoms with Crippen molar-refractivity contribution in [2.24, 2.45) is 0 Å². The summed E-state index contributed by atoms with van der Waals surface area (Å²) in [5, 5.41) is 8.40. The second kappa shape index (κ2) is 4.94. The highest BCUT2D eigenvalue weighted by Crippen LogP contribution is 2.28. The molecular weight excluding hydrogens is 304 g/mol. The van der Waals surface area contributed by atoms with Gasteiger partial charge < -0.3 is 0 Å². The summed E-state index contributed by atoms with van der Waals surface area (Å²) in [6.07, 6.45) is 0. The van der Waals surface area contributed by atoms with Gasteiger partial charge in [0.05, 0.1) is 17.6 Å². The number of sulfonamides is 1. The maximum atomic E-state index is 11.7. The van der Waals surface area contributed by atoms with Gasteiger partial charge in [-0.15, -0.1) is 0 Å². The van der Waals surface area contributed by atoms with Gasteiger partial charge in [-0.05, 0) is 28.1 Å². The number of nitriles is 1. The lowest BCUT2D eigenvalue weighted by Crippen LogP contribution is -2.24. The molecule has 0 saturated heterocycles. The van der Waals surface area contributed by atoms with Gasteiger partial charge in [0.25, 0.3) is 0 Å². The van der Waals surface area contributed by atoms with E-state index >= 15 is 0 Å². The molecule has 0 amide bonds. The van der Waals surface area contributed by atoms with Crippen LogP contribution in [-0.4, -0.2) is 15.0 Å². The molecule has 0 atom stereocenters. The zero-order valence-corrected chi connectivity index (χ0v) is 10.5. The van der Waals surface area contributed by atoms with Crippen LogP contribution in [0, 0.1) is 11.3 Å². The summed E-state index contributed by atoms with van der Waals surface area (Å²) in [6, 6.07) is 6.33. The number of nitrogens with one attached hydrogen (secondary N) is 1. The van der Waals surface area contributed by atoms with E-state index in [4.69, 9.17) is 16.9 Å². The standard InChI is InChI=1S/C8H6BrClN2O2S/c9-6-2-1-3-7(10)8(6)15(13,14)12-5-4-11/h1-3,12H,5H2. The highest BCUT2D eigenvalue weighted by molar-refractivity contribution is 9.10. The molecule has 0 aromatic heterocycles. The lowest BCUT2D eigenvalue weighted by atomic mass is 10.4.